The first kappa shape index (κ1) is 11.1. The van der Waals surface area contributed by atoms with Crippen LogP contribution in [0.2, 0.25) is 10.2 Å². The summed E-state index contributed by atoms with van der Waals surface area (Å²) in [7, 11) is 0. The molecule has 0 saturated carbocycles. The van der Waals surface area contributed by atoms with E-state index in [9.17, 15) is 8.78 Å². The first-order valence-electron chi connectivity index (χ1n) is 3.25. The van der Waals surface area contributed by atoms with Gasteiger partial charge in [0, 0.05) is 10.9 Å². The van der Waals surface area contributed by atoms with E-state index in [1.807, 2.05) is 0 Å². The Balaban J connectivity index is 3.25. The third-order valence-electron chi connectivity index (χ3n) is 1.37. The van der Waals surface area contributed by atoms with Gasteiger partial charge in [-0.3, -0.25) is 0 Å². The van der Waals surface area contributed by atoms with Gasteiger partial charge >= 0.3 is 0 Å². The van der Waals surface area contributed by atoms with Crippen molar-refractivity contribution in [3.63, 3.8) is 0 Å². The van der Waals surface area contributed by atoms with Crippen molar-refractivity contribution in [2.75, 3.05) is 0 Å². The number of halogens is 5. The van der Waals surface area contributed by atoms with Gasteiger partial charge in [0.05, 0.1) is 10.7 Å². The molecule has 1 aromatic rings. The lowest BCUT2D eigenvalue weighted by atomic mass is 10.2. The Hall–Kier alpha value is 0.0700. The molecular formula is C7H4BrCl2F2N. The second kappa shape index (κ2) is 4.53. The molecular weight excluding hydrogens is 287 g/mol. The minimum absolute atomic E-state index is 0.0890. The lowest BCUT2D eigenvalue weighted by Crippen LogP contribution is -1.94. The van der Waals surface area contributed by atoms with Crippen LogP contribution in [0, 0.1) is 0 Å². The highest BCUT2D eigenvalue weighted by Gasteiger charge is 2.16. The fraction of sp³-hybridized carbons (Fsp3) is 0.286. The van der Waals surface area contributed by atoms with E-state index in [4.69, 9.17) is 23.2 Å². The van der Waals surface area contributed by atoms with Crippen molar-refractivity contribution in [1.82, 2.24) is 4.98 Å². The third kappa shape index (κ3) is 2.51. The van der Waals surface area contributed by atoms with Gasteiger partial charge in [-0.05, 0) is 6.07 Å². The zero-order valence-electron chi connectivity index (χ0n) is 6.20. The molecule has 1 rings (SSSR count). The number of nitrogens with zero attached hydrogens (tertiary/aromatic N) is 1. The second-order valence-electron chi connectivity index (χ2n) is 2.24. The van der Waals surface area contributed by atoms with E-state index in [0.29, 0.717) is 11.0 Å². The minimum atomic E-state index is -2.63. The molecule has 0 aliphatic carbocycles. The van der Waals surface area contributed by atoms with Crippen LogP contribution in [0.3, 0.4) is 0 Å². The maximum Gasteiger partial charge on any atom is 0.265 e. The standard InChI is InChI=1S/C7H4BrCl2F2N/c8-2-3-1-4(7(11)12)5(9)6(10)13-3/h1,7H,2H2. The van der Waals surface area contributed by atoms with Gasteiger partial charge in [0.2, 0.25) is 0 Å². The highest BCUT2D eigenvalue weighted by Crippen LogP contribution is 2.32. The SMILES string of the molecule is FC(F)c1cc(CBr)nc(Cl)c1Cl. The predicted molar refractivity (Wildman–Crippen MR) is 51.8 cm³/mol. The van der Waals surface area contributed by atoms with Crippen molar-refractivity contribution in [3.8, 4) is 0 Å². The van der Waals surface area contributed by atoms with E-state index < -0.39 is 6.43 Å². The van der Waals surface area contributed by atoms with E-state index in [-0.39, 0.29) is 15.7 Å². The molecule has 72 valence electrons. The van der Waals surface area contributed by atoms with Crippen LogP contribution >= 0.6 is 39.1 Å². The van der Waals surface area contributed by atoms with E-state index in [1.165, 1.54) is 6.07 Å². The smallest absolute Gasteiger partial charge is 0.239 e. The molecule has 0 radical (unpaired) electrons. The van der Waals surface area contributed by atoms with Crippen molar-refractivity contribution in [2.45, 2.75) is 11.8 Å². The molecule has 0 aliphatic rings. The maximum absolute atomic E-state index is 12.3. The van der Waals surface area contributed by atoms with Gasteiger partial charge in [-0.15, -0.1) is 0 Å². The van der Waals surface area contributed by atoms with E-state index >= 15 is 0 Å². The third-order valence-corrected chi connectivity index (χ3v) is 2.71. The molecule has 0 atom stereocenters. The monoisotopic (exact) mass is 289 g/mol. The van der Waals surface area contributed by atoms with E-state index in [1.54, 1.807) is 0 Å². The number of aromatic nitrogens is 1. The van der Waals surface area contributed by atoms with Gasteiger partial charge in [-0.25, -0.2) is 13.8 Å². The zero-order chi connectivity index (χ0) is 10.0. The molecule has 0 aromatic carbocycles. The molecule has 0 N–H and O–H groups in total. The highest BCUT2D eigenvalue weighted by atomic mass is 79.9. The molecule has 0 unspecified atom stereocenters. The summed E-state index contributed by atoms with van der Waals surface area (Å²) < 4.78 is 24.7. The van der Waals surface area contributed by atoms with Crippen LogP contribution in [0.1, 0.15) is 17.7 Å². The summed E-state index contributed by atoms with van der Waals surface area (Å²) in [6.45, 7) is 0. The molecule has 0 amide bonds. The van der Waals surface area contributed by atoms with Crippen molar-refractivity contribution in [1.29, 1.82) is 0 Å². The summed E-state index contributed by atoms with van der Waals surface area (Å²) in [5.74, 6) is 0. The summed E-state index contributed by atoms with van der Waals surface area (Å²) in [6.07, 6.45) is -2.63. The van der Waals surface area contributed by atoms with Crippen molar-refractivity contribution in [3.05, 3.63) is 27.5 Å². The van der Waals surface area contributed by atoms with E-state index in [0.717, 1.165) is 0 Å². The lowest BCUT2D eigenvalue weighted by Gasteiger charge is -2.05. The number of rotatable bonds is 2. The van der Waals surface area contributed by atoms with Crippen molar-refractivity contribution in [2.24, 2.45) is 0 Å². The second-order valence-corrected chi connectivity index (χ2v) is 3.54. The van der Waals surface area contributed by atoms with Crippen molar-refractivity contribution >= 4 is 39.1 Å². The highest BCUT2D eigenvalue weighted by molar-refractivity contribution is 9.08. The summed E-state index contributed by atoms with van der Waals surface area (Å²) in [6, 6.07) is 1.23. The van der Waals surface area contributed by atoms with Gasteiger partial charge in [0.25, 0.3) is 6.43 Å². The Morgan fingerprint density at radius 3 is 2.54 bits per heavy atom. The van der Waals surface area contributed by atoms with Crippen LogP contribution in [0.4, 0.5) is 8.78 Å². The molecule has 1 aromatic heterocycles. The van der Waals surface area contributed by atoms with E-state index in [2.05, 4.69) is 20.9 Å². The van der Waals surface area contributed by atoms with Gasteiger partial charge in [0.15, 0.2) is 0 Å². The summed E-state index contributed by atoms with van der Waals surface area (Å²) in [5, 5.41) is 0.0964. The van der Waals surface area contributed by atoms with Crippen LogP contribution in [0.5, 0.6) is 0 Å². The minimum Gasteiger partial charge on any atom is -0.239 e. The molecule has 0 aliphatic heterocycles. The molecule has 1 nitrogen and oxygen atoms in total. The summed E-state index contributed by atoms with van der Waals surface area (Å²) >= 11 is 14.2. The topological polar surface area (TPSA) is 12.9 Å². The average molecular weight is 291 g/mol. The van der Waals surface area contributed by atoms with Crippen LogP contribution < -0.4 is 0 Å². The molecule has 0 saturated heterocycles. The fourth-order valence-corrected chi connectivity index (χ4v) is 1.48. The van der Waals surface area contributed by atoms with Crippen LogP contribution in [0.15, 0.2) is 6.07 Å². The van der Waals surface area contributed by atoms with Crippen LogP contribution in [0.25, 0.3) is 0 Å². The lowest BCUT2D eigenvalue weighted by molar-refractivity contribution is 0.151. The Bertz CT molecular complexity index is 320. The molecule has 13 heavy (non-hydrogen) atoms. The number of pyridine rings is 1. The predicted octanol–water partition coefficient (Wildman–Crippen LogP) is 4.22. The van der Waals surface area contributed by atoms with Gasteiger partial charge < -0.3 is 0 Å². The first-order valence-corrected chi connectivity index (χ1v) is 5.13. The Morgan fingerprint density at radius 2 is 2.08 bits per heavy atom. The Morgan fingerprint density at radius 1 is 1.46 bits per heavy atom. The number of hydrogen-bond acceptors (Lipinski definition) is 1. The summed E-state index contributed by atoms with van der Waals surface area (Å²) in [5.41, 5.74) is 0.154. The Kier molecular flexibility index (Phi) is 3.88. The average Bonchev–Trinajstić information content (AvgIpc) is 2.09. The number of alkyl halides is 3. The molecule has 6 heteroatoms. The molecule has 1 heterocycles. The molecule has 0 fully saturated rings. The van der Waals surface area contributed by atoms with Crippen molar-refractivity contribution < 1.29 is 8.78 Å². The van der Waals surface area contributed by atoms with Crippen LogP contribution in [-0.4, -0.2) is 4.98 Å². The van der Waals surface area contributed by atoms with Gasteiger partial charge in [-0.2, -0.15) is 0 Å². The quantitative estimate of drug-likeness (QED) is 0.587. The fourth-order valence-electron chi connectivity index (χ4n) is 0.797. The molecule has 0 spiro atoms. The van der Waals surface area contributed by atoms with Gasteiger partial charge in [0.1, 0.15) is 5.15 Å². The van der Waals surface area contributed by atoms with Gasteiger partial charge in [-0.1, -0.05) is 39.1 Å². The normalized spacial score (nSPS) is 10.9. The van der Waals surface area contributed by atoms with Crippen LogP contribution in [-0.2, 0) is 5.33 Å². The maximum atomic E-state index is 12.3. The number of hydrogen-bond donors (Lipinski definition) is 0. The first-order chi connectivity index (χ1) is 6.06. The largest absolute Gasteiger partial charge is 0.265 e. The molecule has 0 bridgehead atoms. The Labute approximate surface area is 92.2 Å². The summed E-state index contributed by atoms with van der Waals surface area (Å²) in [4.78, 5) is 3.79. The zero-order valence-corrected chi connectivity index (χ0v) is 9.30.